The van der Waals surface area contributed by atoms with Crippen LogP contribution >= 0.6 is 0 Å². The molecule has 2 aromatic heterocycles. The fourth-order valence-electron chi connectivity index (χ4n) is 4.32. The first kappa shape index (κ1) is 22.2. The third-order valence-corrected chi connectivity index (χ3v) is 5.72. The van der Waals surface area contributed by atoms with Gasteiger partial charge in [0.15, 0.2) is 0 Å². The fourth-order valence-corrected chi connectivity index (χ4v) is 4.32. The number of aryl methyl sites for hydroxylation is 1. The topological polar surface area (TPSA) is 83.4 Å². The van der Waals surface area contributed by atoms with E-state index in [1.54, 1.807) is 18.5 Å². The van der Waals surface area contributed by atoms with E-state index in [2.05, 4.69) is 38.4 Å². The second kappa shape index (κ2) is 10.5. The molecule has 1 atom stereocenters. The summed E-state index contributed by atoms with van der Waals surface area (Å²) in [5, 5.41) is 13.0. The van der Waals surface area contributed by atoms with Gasteiger partial charge < -0.3 is 15.2 Å². The number of aromatic nitrogens is 3. The van der Waals surface area contributed by atoms with Gasteiger partial charge in [0.05, 0.1) is 13.2 Å². The first-order chi connectivity index (χ1) is 15.6. The Morgan fingerprint density at radius 1 is 1.19 bits per heavy atom. The van der Waals surface area contributed by atoms with E-state index in [4.69, 9.17) is 9.72 Å². The van der Waals surface area contributed by atoms with Crippen LogP contribution < -0.4 is 10.1 Å². The van der Waals surface area contributed by atoms with Gasteiger partial charge in [-0.05, 0) is 69.1 Å². The molecular weight excluding hydrogens is 402 g/mol. The largest absolute Gasteiger partial charge is 0.494 e. The summed E-state index contributed by atoms with van der Waals surface area (Å²) in [4.78, 5) is 15.8. The van der Waals surface area contributed by atoms with E-state index < -0.39 is 0 Å². The zero-order chi connectivity index (χ0) is 22.3. The van der Waals surface area contributed by atoms with Crippen LogP contribution in [0.5, 0.6) is 5.75 Å². The van der Waals surface area contributed by atoms with Crippen LogP contribution in [0, 0.1) is 6.92 Å². The summed E-state index contributed by atoms with van der Waals surface area (Å²) in [6.07, 6.45) is 5.72. The molecule has 2 N–H and O–H groups in total. The second-order valence-corrected chi connectivity index (χ2v) is 8.23. The number of ether oxygens (including phenoxy) is 1. The number of nitrogens with zero attached hydrogens (tertiary/aromatic N) is 4. The molecule has 0 spiro atoms. The summed E-state index contributed by atoms with van der Waals surface area (Å²) in [6.45, 7) is 7.43. The van der Waals surface area contributed by atoms with Gasteiger partial charge in [0.25, 0.3) is 0 Å². The Labute approximate surface area is 189 Å². The van der Waals surface area contributed by atoms with Crippen molar-refractivity contribution in [1.82, 2.24) is 19.9 Å². The van der Waals surface area contributed by atoms with Crippen molar-refractivity contribution in [2.75, 3.05) is 25.0 Å². The maximum absolute atomic E-state index is 9.71. The lowest BCUT2D eigenvalue weighted by atomic mass is 9.93. The van der Waals surface area contributed by atoms with Crippen LogP contribution in [0.4, 0.5) is 11.6 Å². The maximum Gasteiger partial charge on any atom is 0.227 e. The lowest BCUT2D eigenvalue weighted by molar-refractivity contribution is 0.198. The van der Waals surface area contributed by atoms with E-state index in [1.165, 1.54) is 5.56 Å². The van der Waals surface area contributed by atoms with E-state index in [1.807, 2.05) is 26.0 Å². The molecule has 0 aliphatic carbocycles. The van der Waals surface area contributed by atoms with Gasteiger partial charge in [0.2, 0.25) is 5.95 Å². The first-order valence-corrected chi connectivity index (χ1v) is 11.2. The number of likely N-dealkylation sites (tertiary alicyclic amines) is 1. The predicted molar refractivity (Wildman–Crippen MR) is 125 cm³/mol. The molecule has 1 aliphatic heterocycles. The van der Waals surface area contributed by atoms with Crippen molar-refractivity contribution in [3.05, 3.63) is 71.3 Å². The van der Waals surface area contributed by atoms with Gasteiger partial charge in [0.1, 0.15) is 5.75 Å². The molecule has 0 bridgehead atoms. The lowest BCUT2D eigenvalue weighted by Gasteiger charge is -2.33. The normalized spacial score (nSPS) is 16.7. The van der Waals surface area contributed by atoms with Gasteiger partial charge in [0, 0.05) is 54.0 Å². The standard InChI is InChI=1S/C25H31N5O2/c1-3-32-24-8-7-19(13-21(24)17-31)15-30-11-4-6-20(16-30)23-14-22(12-18(2)28-23)29-25-26-9-5-10-27-25/h5,7-10,12-14,20,31H,3-4,6,11,15-17H2,1-2H3,(H,26,27,28,29)/t20-/m0/s1. The molecule has 1 aromatic carbocycles. The number of hydrogen-bond acceptors (Lipinski definition) is 7. The quantitative estimate of drug-likeness (QED) is 0.551. The highest BCUT2D eigenvalue weighted by Crippen LogP contribution is 2.30. The molecule has 7 nitrogen and oxygen atoms in total. The number of benzene rings is 1. The van der Waals surface area contributed by atoms with E-state index in [-0.39, 0.29) is 6.61 Å². The first-order valence-electron chi connectivity index (χ1n) is 11.2. The molecule has 0 saturated carbocycles. The third-order valence-electron chi connectivity index (χ3n) is 5.72. The van der Waals surface area contributed by atoms with Gasteiger partial charge >= 0.3 is 0 Å². The molecule has 7 heteroatoms. The maximum atomic E-state index is 9.71. The summed E-state index contributed by atoms with van der Waals surface area (Å²) in [5.41, 5.74) is 5.10. The van der Waals surface area contributed by atoms with Crippen molar-refractivity contribution >= 4 is 11.6 Å². The van der Waals surface area contributed by atoms with Crippen molar-refractivity contribution < 1.29 is 9.84 Å². The molecule has 0 unspecified atom stereocenters. The Morgan fingerprint density at radius 3 is 2.81 bits per heavy atom. The van der Waals surface area contributed by atoms with Gasteiger partial charge in [-0.2, -0.15) is 0 Å². The van der Waals surface area contributed by atoms with Crippen LogP contribution in [0.1, 0.15) is 48.2 Å². The molecule has 0 amide bonds. The van der Waals surface area contributed by atoms with E-state index in [0.717, 1.165) is 60.9 Å². The molecule has 1 saturated heterocycles. The minimum absolute atomic E-state index is 0.0140. The molecule has 0 radical (unpaired) electrons. The van der Waals surface area contributed by atoms with Crippen molar-refractivity contribution in [3.63, 3.8) is 0 Å². The number of hydrogen-bond donors (Lipinski definition) is 2. The molecular formula is C25H31N5O2. The van der Waals surface area contributed by atoms with Gasteiger partial charge in [-0.25, -0.2) is 9.97 Å². The summed E-state index contributed by atoms with van der Waals surface area (Å²) in [7, 11) is 0. The second-order valence-electron chi connectivity index (χ2n) is 8.23. The average molecular weight is 434 g/mol. The highest BCUT2D eigenvalue weighted by molar-refractivity contribution is 5.54. The van der Waals surface area contributed by atoms with Crippen LogP contribution in [-0.4, -0.2) is 44.7 Å². The number of aliphatic hydroxyl groups is 1. The zero-order valence-corrected chi connectivity index (χ0v) is 18.8. The molecule has 1 aliphatic rings. The lowest BCUT2D eigenvalue weighted by Crippen LogP contribution is -2.34. The van der Waals surface area contributed by atoms with Crippen molar-refractivity contribution in [1.29, 1.82) is 0 Å². The highest BCUT2D eigenvalue weighted by Gasteiger charge is 2.23. The van der Waals surface area contributed by atoms with Crippen molar-refractivity contribution in [2.45, 2.75) is 45.8 Å². The SMILES string of the molecule is CCOc1ccc(CN2CCC[C@H](c3cc(Nc4ncccn4)cc(C)n3)C2)cc1CO. The van der Waals surface area contributed by atoms with Crippen LogP contribution in [0.15, 0.2) is 48.8 Å². The highest BCUT2D eigenvalue weighted by atomic mass is 16.5. The van der Waals surface area contributed by atoms with Crippen LogP contribution in [0.3, 0.4) is 0 Å². The average Bonchev–Trinajstić information content (AvgIpc) is 2.81. The Balaban J connectivity index is 1.46. The van der Waals surface area contributed by atoms with E-state index in [0.29, 0.717) is 18.5 Å². The predicted octanol–water partition coefficient (Wildman–Crippen LogP) is 4.19. The summed E-state index contributed by atoms with van der Waals surface area (Å²) >= 11 is 0. The van der Waals surface area contributed by atoms with Gasteiger partial charge in [-0.3, -0.25) is 9.88 Å². The summed E-state index contributed by atoms with van der Waals surface area (Å²) in [5.74, 6) is 1.73. The number of piperidine rings is 1. The summed E-state index contributed by atoms with van der Waals surface area (Å²) < 4.78 is 5.62. The van der Waals surface area contributed by atoms with Gasteiger partial charge in [-0.1, -0.05) is 6.07 Å². The minimum atomic E-state index is -0.0140. The zero-order valence-electron chi connectivity index (χ0n) is 18.8. The van der Waals surface area contributed by atoms with Crippen LogP contribution in [0.2, 0.25) is 0 Å². The smallest absolute Gasteiger partial charge is 0.227 e. The number of rotatable bonds is 8. The minimum Gasteiger partial charge on any atom is -0.494 e. The molecule has 3 aromatic rings. The summed E-state index contributed by atoms with van der Waals surface area (Å²) in [6, 6.07) is 12.1. The monoisotopic (exact) mass is 433 g/mol. The third kappa shape index (κ3) is 5.60. The molecule has 3 heterocycles. The van der Waals surface area contributed by atoms with Crippen molar-refractivity contribution in [3.8, 4) is 5.75 Å². The van der Waals surface area contributed by atoms with Crippen LogP contribution in [-0.2, 0) is 13.2 Å². The number of anilines is 2. The molecule has 4 rings (SSSR count). The Morgan fingerprint density at radius 2 is 2.03 bits per heavy atom. The van der Waals surface area contributed by atoms with Gasteiger partial charge in [-0.15, -0.1) is 0 Å². The van der Waals surface area contributed by atoms with E-state index >= 15 is 0 Å². The molecule has 168 valence electrons. The number of nitrogens with one attached hydrogen (secondary N) is 1. The van der Waals surface area contributed by atoms with Crippen molar-refractivity contribution in [2.24, 2.45) is 0 Å². The van der Waals surface area contributed by atoms with Crippen LogP contribution in [0.25, 0.3) is 0 Å². The Kier molecular flexibility index (Phi) is 7.29. The van der Waals surface area contributed by atoms with E-state index in [9.17, 15) is 5.11 Å². The Bertz CT molecular complexity index is 1030. The Hall–Kier alpha value is -3.03. The molecule has 32 heavy (non-hydrogen) atoms. The number of aliphatic hydroxyl groups excluding tert-OH is 1. The number of pyridine rings is 1. The molecule has 1 fully saturated rings. The fraction of sp³-hybridized carbons (Fsp3) is 0.400.